The SMILES string of the molecule is CCc1ccnc(CN=C(N)N2CCN(c3ncccn3)CC2)c1.I. The third-order valence-electron chi connectivity index (χ3n) is 4.13. The van der Waals surface area contributed by atoms with E-state index < -0.39 is 0 Å². The van der Waals surface area contributed by atoms with Gasteiger partial charge in [-0.15, -0.1) is 24.0 Å². The predicted octanol–water partition coefficient (Wildman–Crippen LogP) is 1.69. The van der Waals surface area contributed by atoms with Crippen molar-refractivity contribution in [2.75, 3.05) is 31.1 Å². The molecule has 0 bridgehead atoms. The van der Waals surface area contributed by atoms with Crippen molar-refractivity contribution in [3.05, 3.63) is 48.0 Å². The minimum Gasteiger partial charge on any atom is -0.370 e. The Morgan fingerprint density at radius 1 is 1.12 bits per heavy atom. The number of pyridine rings is 1. The second kappa shape index (κ2) is 9.50. The molecule has 25 heavy (non-hydrogen) atoms. The monoisotopic (exact) mass is 453 g/mol. The van der Waals surface area contributed by atoms with Crippen molar-refractivity contribution in [3.63, 3.8) is 0 Å². The van der Waals surface area contributed by atoms with Crippen molar-refractivity contribution >= 4 is 35.9 Å². The van der Waals surface area contributed by atoms with Crippen LogP contribution in [0.25, 0.3) is 0 Å². The van der Waals surface area contributed by atoms with Gasteiger partial charge in [-0.05, 0) is 30.2 Å². The van der Waals surface area contributed by atoms with Crippen LogP contribution in [-0.2, 0) is 13.0 Å². The van der Waals surface area contributed by atoms with Crippen molar-refractivity contribution in [3.8, 4) is 0 Å². The van der Waals surface area contributed by atoms with Crippen LogP contribution in [0.15, 0.2) is 41.8 Å². The molecule has 2 aromatic rings. The number of hydrogen-bond donors (Lipinski definition) is 1. The Kier molecular flexibility index (Phi) is 7.35. The Labute approximate surface area is 165 Å². The third kappa shape index (κ3) is 5.25. The highest BCUT2D eigenvalue weighted by molar-refractivity contribution is 14.0. The van der Waals surface area contributed by atoms with Gasteiger partial charge < -0.3 is 15.5 Å². The maximum absolute atomic E-state index is 6.15. The fourth-order valence-corrected chi connectivity index (χ4v) is 2.69. The summed E-state index contributed by atoms with van der Waals surface area (Å²) in [6.45, 7) is 5.95. The van der Waals surface area contributed by atoms with Crippen molar-refractivity contribution < 1.29 is 0 Å². The standard InChI is InChI=1S/C17H23N7.HI/c1-2-14-4-7-19-15(12-14)13-22-16(18)23-8-10-24(11-9-23)17-20-5-3-6-21-17;/h3-7,12H,2,8-11,13H2,1H3,(H2,18,22);1H. The first-order valence-corrected chi connectivity index (χ1v) is 8.27. The van der Waals surface area contributed by atoms with E-state index in [0.29, 0.717) is 12.5 Å². The van der Waals surface area contributed by atoms with Crippen LogP contribution >= 0.6 is 24.0 Å². The number of halogens is 1. The smallest absolute Gasteiger partial charge is 0.225 e. The van der Waals surface area contributed by atoms with Gasteiger partial charge in [0.2, 0.25) is 5.95 Å². The molecule has 0 unspecified atom stereocenters. The molecule has 1 saturated heterocycles. The lowest BCUT2D eigenvalue weighted by Gasteiger charge is -2.35. The summed E-state index contributed by atoms with van der Waals surface area (Å²) in [5.41, 5.74) is 8.37. The maximum Gasteiger partial charge on any atom is 0.225 e. The first-order valence-electron chi connectivity index (χ1n) is 8.27. The van der Waals surface area contributed by atoms with Crippen molar-refractivity contribution in [2.24, 2.45) is 10.7 Å². The summed E-state index contributed by atoms with van der Waals surface area (Å²) in [5, 5.41) is 0. The molecule has 7 nitrogen and oxygen atoms in total. The molecule has 0 aromatic carbocycles. The number of guanidine groups is 1. The van der Waals surface area contributed by atoms with E-state index in [0.717, 1.165) is 44.2 Å². The molecule has 3 heterocycles. The summed E-state index contributed by atoms with van der Waals surface area (Å²) in [7, 11) is 0. The molecule has 0 saturated carbocycles. The zero-order chi connectivity index (χ0) is 16.8. The fraction of sp³-hybridized carbons (Fsp3) is 0.412. The van der Waals surface area contributed by atoms with Crippen LogP contribution in [0.2, 0.25) is 0 Å². The number of aromatic nitrogens is 3. The summed E-state index contributed by atoms with van der Waals surface area (Å²) in [6, 6.07) is 5.94. The van der Waals surface area contributed by atoms with Crippen LogP contribution in [0.3, 0.4) is 0 Å². The number of hydrogen-bond acceptors (Lipinski definition) is 5. The Hall–Kier alpha value is -1.97. The highest BCUT2D eigenvalue weighted by Crippen LogP contribution is 2.10. The summed E-state index contributed by atoms with van der Waals surface area (Å²) >= 11 is 0. The van der Waals surface area contributed by atoms with Gasteiger partial charge in [0.15, 0.2) is 5.96 Å². The molecule has 8 heteroatoms. The van der Waals surface area contributed by atoms with Gasteiger partial charge in [-0.2, -0.15) is 0 Å². The van der Waals surface area contributed by atoms with Gasteiger partial charge in [0.1, 0.15) is 0 Å². The van der Waals surface area contributed by atoms with Gasteiger partial charge in [0, 0.05) is 44.8 Å². The average molecular weight is 453 g/mol. The quantitative estimate of drug-likeness (QED) is 0.431. The van der Waals surface area contributed by atoms with Gasteiger partial charge in [-0.25, -0.2) is 15.0 Å². The Balaban J connectivity index is 0.00000225. The van der Waals surface area contributed by atoms with Crippen LogP contribution in [0.4, 0.5) is 5.95 Å². The molecule has 3 rings (SSSR count). The molecule has 2 aromatic heterocycles. The van der Waals surface area contributed by atoms with E-state index >= 15 is 0 Å². The molecule has 0 atom stereocenters. The van der Waals surface area contributed by atoms with E-state index in [9.17, 15) is 0 Å². The van der Waals surface area contributed by atoms with Gasteiger partial charge >= 0.3 is 0 Å². The number of piperazine rings is 1. The average Bonchev–Trinajstić information content (AvgIpc) is 2.67. The molecule has 0 amide bonds. The molecule has 134 valence electrons. The summed E-state index contributed by atoms with van der Waals surface area (Å²) < 4.78 is 0. The van der Waals surface area contributed by atoms with Gasteiger partial charge in [0.25, 0.3) is 0 Å². The molecule has 1 fully saturated rings. The molecule has 0 radical (unpaired) electrons. The zero-order valence-corrected chi connectivity index (χ0v) is 16.7. The minimum atomic E-state index is 0. The van der Waals surface area contributed by atoms with E-state index in [1.807, 2.05) is 18.3 Å². The van der Waals surface area contributed by atoms with Crippen molar-refractivity contribution in [1.29, 1.82) is 0 Å². The highest BCUT2D eigenvalue weighted by atomic mass is 127. The van der Waals surface area contributed by atoms with Crippen LogP contribution < -0.4 is 10.6 Å². The number of rotatable bonds is 4. The third-order valence-corrected chi connectivity index (χ3v) is 4.13. The number of aliphatic imine (C=N–C) groups is 1. The first kappa shape index (κ1) is 19.4. The molecule has 0 aliphatic carbocycles. The van der Waals surface area contributed by atoms with Crippen LogP contribution in [0, 0.1) is 0 Å². The molecule has 0 spiro atoms. The molecule has 2 N–H and O–H groups in total. The molecular weight excluding hydrogens is 429 g/mol. The number of aryl methyl sites for hydroxylation is 1. The van der Waals surface area contributed by atoms with E-state index in [1.54, 1.807) is 12.4 Å². The number of nitrogens with zero attached hydrogens (tertiary/aromatic N) is 6. The second-order valence-electron chi connectivity index (χ2n) is 5.71. The van der Waals surface area contributed by atoms with E-state index in [1.165, 1.54) is 5.56 Å². The van der Waals surface area contributed by atoms with Crippen molar-refractivity contribution in [1.82, 2.24) is 19.9 Å². The highest BCUT2D eigenvalue weighted by Gasteiger charge is 2.19. The lowest BCUT2D eigenvalue weighted by atomic mass is 10.2. The van der Waals surface area contributed by atoms with Gasteiger partial charge in [0.05, 0.1) is 12.2 Å². The number of anilines is 1. The normalized spacial score (nSPS) is 15.0. The number of nitrogens with two attached hydrogens (primary N) is 1. The van der Waals surface area contributed by atoms with Gasteiger partial charge in [-0.3, -0.25) is 4.98 Å². The Morgan fingerprint density at radius 3 is 2.52 bits per heavy atom. The van der Waals surface area contributed by atoms with E-state index in [-0.39, 0.29) is 24.0 Å². The topological polar surface area (TPSA) is 83.5 Å². The largest absolute Gasteiger partial charge is 0.370 e. The Bertz CT molecular complexity index is 684. The molecule has 1 aliphatic heterocycles. The minimum absolute atomic E-state index is 0. The zero-order valence-electron chi connectivity index (χ0n) is 14.4. The van der Waals surface area contributed by atoms with Crippen LogP contribution in [-0.4, -0.2) is 52.0 Å². The lowest BCUT2D eigenvalue weighted by molar-refractivity contribution is 0.378. The van der Waals surface area contributed by atoms with Gasteiger partial charge in [-0.1, -0.05) is 6.92 Å². The summed E-state index contributed by atoms with van der Waals surface area (Å²) in [4.78, 5) is 21.7. The Morgan fingerprint density at radius 2 is 1.84 bits per heavy atom. The molecular formula is C17H24IN7. The fourth-order valence-electron chi connectivity index (χ4n) is 2.69. The summed E-state index contributed by atoms with van der Waals surface area (Å²) in [5.74, 6) is 1.35. The van der Waals surface area contributed by atoms with Crippen LogP contribution in [0.1, 0.15) is 18.2 Å². The predicted molar refractivity (Wildman–Crippen MR) is 110 cm³/mol. The maximum atomic E-state index is 6.15. The molecule has 1 aliphatic rings. The van der Waals surface area contributed by atoms with E-state index in [4.69, 9.17) is 5.73 Å². The second-order valence-corrected chi connectivity index (χ2v) is 5.71. The van der Waals surface area contributed by atoms with Crippen LogP contribution in [0.5, 0.6) is 0 Å². The lowest BCUT2D eigenvalue weighted by Crippen LogP contribution is -2.51. The van der Waals surface area contributed by atoms with E-state index in [2.05, 4.69) is 42.7 Å². The van der Waals surface area contributed by atoms with Crippen molar-refractivity contribution in [2.45, 2.75) is 19.9 Å². The first-order chi connectivity index (χ1) is 11.8. The summed E-state index contributed by atoms with van der Waals surface area (Å²) in [6.07, 6.45) is 6.36.